The molecule has 2 aromatic rings. The van der Waals surface area contributed by atoms with Crippen molar-refractivity contribution in [2.24, 2.45) is 7.05 Å². The number of benzene rings is 1. The second-order valence-corrected chi connectivity index (χ2v) is 5.02. The quantitative estimate of drug-likeness (QED) is 0.943. The van der Waals surface area contributed by atoms with E-state index >= 15 is 0 Å². The zero-order valence-corrected chi connectivity index (χ0v) is 12.1. The van der Waals surface area contributed by atoms with E-state index in [0.717, 1.165) is 4.68 Å². The highest BCUT2D eigenvalue weighted by atomic mass is 19.1. The Morgan fingerprint density at radius 3 is 2.67 bits per heavy atom. The normalized spacial score (nSPS) is 10.7. The van der Waals surface area contributed by atoms with E-state index in [1.54, 1.807) is 12.1 Å². The number of anilines is 1. The van der Waals surface area contributed by atoms with Gasteiger partial charge in [-0.1, -0.05) is 19.9 Å². The van der Waals surface area contributed by atoms with Crippen LogP contribution in [-0.2, 0) is 7.05 Å². The van der Waals surface area contributed by atoms with Gasteiger partial charge in [-0.05, 0) is 29.7 Å². The molecule has 0 aliphatic rings. The lowest BCUT2D eigenvalue weighted by Crippen LogP contribution is -2.28. The minimum absolute atomic E-state index is 0.0409. The van der Waals surface area contributed by atoms with Gasteiger partial charge >= 0.3 is 0 Å². The number of carbonyl (C=O) groups is 1. The Hall–Kier alpha value is -2.50. The number of rotatable bonds is 3. The van der Waals surface area contributed by atoms with Gasteiger partial charge < -0.3 is 5.32 Å². The molecule has 0 saturated heterocycles. The van der Waals surface area contributed by atoms with Crippen LogP contribution in [0.4, 0.5) is 10.1 Å². The van der Waals surface area contributed by atoms with Gasteiger partial charge in [0.05, 0.1) is 0 Å². The second-order valence-electron chi connectivity index (χ2n) is 5.02. The van der Waals surface area contributed by atoms with Crippen LogP contribution in [0.2, 0.25) is 0 Å². The molecule has 1 N–H and O–H groups in total. The van der Waals surface area contributed by atoms with Crippen molar-refractivity contribution >= 4 is 11.6 Å². The summed E-state index contributed by atoms with van der Waals surface area (Å²) >= 11 is 0. The number of nitrogens with zero attached hydrogens (tertiary/aromatic N) is 2. The minimum Gasteiger partial charge on any atom is -0.322 e. The van der Waals surface area contributed by atoms with Crippen molar-refractivity contribution in [3.8, 4) is 0 Å². The van der Waals surface area contributed by atoms with Crippen molar-refractivity contribution in [2.75, 3.05) is 5.32 Å². The smallest absolute Gasteiger partial charge is 0.279 e. The van der Waals surface area contributed by atoms with Gasteiger partial charge in [-0.3, -0.25) is 9.59 Å². The van der Waals surface area contributed by atoms with Crippen LogP contribution in [-0.4, -0.2) is 15.7 Å². The molecule has 6 heteroatoms. The Bertz CT molecular complexity index is 738. The third-order valence-electron chi connectivity index (χ3n) is 3.13. The third-order valence-corrected chi connectivity index (χ3v) is 3.13. The highest BCUT2D eigenvalue weighted by Crippen LogP contribution is 2.21. The topological polar surface area (TPSA) is 64.0 Å². The molecular formula is C15H16FN3O2. The number of carbonyl (C=O) groups excluding carboxylic acids is 1. The first-order chi connectivity index (χ1) is 9.90. The lowest BCUT2D eigenvalue weighted by atomic mass is 10.0. The van der Waals surface area contributed by atoms with E-state index in [4.69, 9.17) is 0 Å². The fourth-order valence-electron chi connectivity index (χ4n) is 1.95. The molecule has 0 unspecified atom stereocenters. The van der Waals surface area contributed by atoms with Crippen LogP contribution in [0.3, 0.4) is 0 Å². The second kappa shape index (κ2) is 5.87. The Kier molecular flexibility index (Phi) is 4.16. The fraction of sp³-hybridized carbons (Fsp3) is 0.267. The van der Waals surface area contributed by atoms with Crippen LogP contribution in [0.15, 0.2) is 35.3 Å². The van der Waals surface area contributed by atoms with Gasteiger partial charge in [0.25, 0.3) is 11.5 Å². The van der Waals surface area contributed by atoms with Crippen LogP contribution in [0, 0.1) is 5.82 Å². The zero-order chi connectivity index (χ0) is 15.6. The van der Waals surface area contributed by atoms with Crippen molar-refractivity contribution in [2.45, 2.75) is 19.8 Å². The summed E-state index contributed by atoms with van der Waals surface area (Å²) in [4.78, 5) is 23.8. The average Bonchev–Trinajstić information content (AvgIpc) is 2.41. The standard InChI is InChI=1S/C15H16FN3O2/c1-9(2)11-5-4-10(8-13(11)16)18-14(20)12-6-7-17-19(3)15(12)21/h4-9H,1-3H3,(H,18,20). The molecule has 0 bridgehead atoms. The van der Waals surface area contributed by atoms with Gasteiger partial charge in [0, 0.05) is 18.9 Å². The van der Waals surface area contributed by atoms with E-state index in [9.17, 15) is 14.0 Å². The van der Waals surface area contributed by atoms with Crippen LogP contribution in [0.5, 0.6) is 0 Å². The maximum Gasteiger partial charge on any atom is 0.279 e. The SMILES string of the molecule is CC(C)c1ccc(NC(=O)c2ccnn(C)c2=O)cc1F. The monoisotopic (exact) mass is 289 g/mol. The number of aromatic nitrogens is 2. The molecule has 2 rings (SSSR count). The Morgan fingerprint density at radius 2 is 2.05 bits per heavy atom. The molecule has 1 heterocycles. The number of halogens is 1. The molecule has 0 radical (unpaired) electrons. The molecule has 21 heavy (non-hydrogen) atoms. The van der Waals surface area contributed by atoms with Crippen LogP contribution < -0.4 is 10.9 Å². The molecule has 5 nitrogen and oxygen atoms in total. The van der Waals surface area contributed by atoms with Crippen molar-refractivity contribution in [3.63, 3.8) is 0 Å². The van der Waals surface area contributed by atoms with E-state index in [1.165, 1.54) is 25.4 Å². The maximum absolute atomic E-state index is 13.9. The average molecular weight is 289 g/mol. The van der Waals surface area contributed by atoms with Crippen LogP contribution in [0.25, 0.3) is 0 Å². The zero-order valence-electron chi connectivity index (χ0n) is 12.1. The van der Waals surface area contributed by atoms with Crippen LogP contribution >= 0.6 is 0 Å². The van der Waals surface area contributed by atoms with Crippen molar-refractivity contribution in [1.82, 2.24) is 9.78 Å². The predicted molar refractivity (Wildman–Crippen MR) is 77.9 cm³/mol. The number of aryl methyl sites for hydroxylation is 1. The van der Waals surface area contributed by atoms with E-state index in [2.05, 4.69) is 10.4 Å². The van der Waals surface area contributed by atoms with Gasteiger partial charge in [-0.15, -0.1) is 0 Å². The Labute approximate surface area is 121 Å². The number of nitrogens with one attached hydrogen (secondary N) is 1. The van der Waals surface area contributed by atoms with E-state index in [0.29, 0.717) is 11.3 Å². The number of hydrogen-bond donors (Lipinski definition) is 1. The molecule has 0 atom stereocenters. The first-order valence-corrected chi connectivity index (χ1v) is 6.53. The molecule has 110 valence electrons. The molecule has 0 spiro atoms. The summed E-state index contributed by atoms with van der Waals surface area (Å²) < 4.78 is 14.9. The fourth-order valence-corrected chi connectivity index (χ4v) is 1.95. The molecule has 0 aliphatic carbocycles. The van der Waals surface area contributed by atoms with Crippen molar-refractivity contribution in [3.05, 3.63) is 57.8 Å². The molecular weight excluding hydrogens is 273 g/mol. The van der Waals surface area contributed by atoms with Crippen molar-refractivity contribution in [1.29, 1.82) is 0 Å². The van der Waals surface area contributed by atoms with E-state index < -0.39 is 11.5 Å². The Morgan fingerprint density at radius 1 is 1.33 bits per heavy atom. The molecule has 0 aliphatic heterocycles. The summed E-state index contributed by atoms with van der Waals surface area (Å²) in [6.07, 6.45) is 1.36. The summed E-state index contributed by atoms with van der Waals surface area (Å²) in [5, 5.41) is 6.25. The lowest BCUT2D eigenvalue weighted by Gasteiger charge is -2.10. The summed E-state index contributed by atoms with van der Waals surface area (Å²) in [5.74, 6) is -0.914. The third kappa shape index (κ3) is 3.16. The highest BCUT2D eigenvalue weighted by Gasteiger charge is 2.13. The first-order valence-electron chi connectivity index (χ1n) is 6.53. The molecule has 0 fully saturated rings. The number of amides is 1. The largest absolute Gasteiger partial charge is 0.322 e. The van der Waals surface area contributed by atoms with Gasteiger partial charge in [0.2, 0.25) is 0 Å². The maximum atomic E-state index is 13.9. The van der Waals surface area contributed by atoms with Gasteiger partial charge in [0.1, 0.15) is 11.4 Å². The molecule has 1 amide bonds. The van der Waals surface area contributed by atoms with Gasteiger partial charge in [-0.25, -0.2) is 9.07 Å². The Balaban J connectivity index is 2.26. The molecule has 1 aromatic heterocycles. The summed E-state index contributed by atoms with van der Waals surface area (Å²) in [6.45, 7) is 3.77. The molecule has 0 saturated carbocycles. The predicted octanol–water partition coefficient (Wildman–Crippen LogP) is 2.30. The number of hydrogen-bond acceptors (Lipinski definition) is 3. The first kappa shape index (κ1) is 14.9. The van der Waals surface area contributed by atoms with Gasteiger partial charge in [0.15, 0.2) is 0 Å². The van der Waals surface area contributed by atoms with Crippen molar-refractivity contribution < 1.29 is 9.18 Å². The van der Waals surface area contributed by atoms with E-state index in [1.807, 2.05) is 13.8 Å². The molecule has 1 aromatic carbocycles. The van der Waals surface area contributed by atoms with E-state index in [-0.39, 0.29) is 17.3 Å². The highest BCUT2D eigenvalue weighted by molar-refractivity contribution is 6.03. The summed E-state index contributed by atoms with van der Waals surface area (Å²) in [6, 6.07) is 5.82. The lowest BCUT2D eigenvalue weighted by molar-refractivity contribution is 0.102. The summed E-state index contributed by atoms with van der Waals surface area (Å²) in [5.41, 5.74) is 0.337. The summed E-state index contributed by atoms with van der Waals surface area (Å²) in [7, 11) is 1.45. The van der Waals surface area contributed by atoms with Crippen LogP contribution in [0.1, 0.15) is 35.7 Å². The van der Waals surface area contributed by atoms with Gasteiger partial charge in [-0.2, -0.15) is 5.10 Å². The minimum atomic E-state index is -0.588.